The van der Waals surface area contributed by atoms with Gasteiger partial charge in [-0.05, 0) is 43.3 Å². The van der Waals surface area contributed by atoms with Crippen LogP contribution in [0.3, 0.4) is 0 Å². The number of anilines is 2. The lowest BCUT2D eigenvalue weighted by Gasteiger charge is -2.40. The van der Waals surface area contributed by atoms with Crippen LogP contribution in [0.4, 0.5) is 11.5 Å². The van der Waals surface area contributed by atoms with Gasteiger partial charge in [-0.15, -0.1) is 0 Å². The molecule has 10 heteroatoms. The molecular formula is C24H24N6O3S. The molecule has 9 nitrogen and oxygen atoms in total. The molecule has 3 heterocycles. The predicted molar refractivity (Wildman–Crippen MR) is 130 cm³/mol. The quantitative estimate of drug-likeness (QED) is 0.458. The fourth-order valence-corrected chi connectivity index (χ4v) is 5.49. The molecule has 1 saturated heterocycles. The van der Waals surface area contributed by atoms with Gasteiger partial charge in [0.15, 0.2) is 0 Å². The number of fused-ring (bicyclic) bond motifs is 1. The highest BCUT2D eigenvalue weighted by Gasteiger charge is 2.28. The summed E-state index contributed by atoms with van der Waals surface area (Å²) in [7, 11) is -3.85. The first-order valence-electron chi connectivity index (χ1n) is 10.9. The van der Waals surface area contributed by atoms with Crippen molar-refractivity contribution in [3.63, 3.8) is 0 Å². The van der Waals surface area contributed by atoms with Gasteiger partial charge in [-0.3, -0.25) is 19.6 Å². The highest BCUT2D eigenvalue weighted by Crippen LogP contribution is 2.24. The van der Waals surface area contributed by atoms with Gasteiger partial charge in [0.2, 0.25) is 0 Å². The van der Waals surface area contributed by atoms with Crippen LogP contribution in [0.5, 0.6) is 0 Å². The molecule has 1 fully saturated rings. The molecule has 5 rings (SSSR count). The number of benzene rings is 2. The lowest BCUT2D eigenvalue weighted by molar-refractivity contribution is 0.0673. The van der Waals surface area contributed by atoms with E-state index in [0.717, 1.165) is 11.2 Å². The average molecular weight is 477 g/mol. The second kappa shape index (κ2) is 8.79. The van der Waals surface area contributed by atoms with Crippen molar-refractivity contribution in [3.05, 3.63) is 78.6 Å². The lowest BCUT2D eigenvalue weighted by Crippen LogP contribution is -2.54. The van der Waals surface area contributed by atoms with Crippen LogP contribution in [0.25, 0.3) is 10.9 Å². The van der Waals surface area contributed by atoms with E-state index in [9.17, 15) is 13.2 Å². The van der Waals surface area contributed by atoms with E-state index >= 15 is 0 Å². The van der Waals surface area contributed by atoms with Crippen molar-refractivity contribution in [2.75, 3.05) is 29.3 Å². The molecule has 1 atom stereocenters. The SMILES string of the molecule is CC1CN(c2ccn[nH]2)CCN1C(=O)c1ccc(NS(=O)(=O)c2cccc3cccnc23)cc1. The molecule has 34 heavy (non-hydrogen) atoms. The first-order chi connectivity index (χ1) is 16.4. The van der Waals surface area contributed by atoms with Crippen LogP contribution >= 0.6 is 0 Å². The molecule has 1 amide bonds. The third-order valence-electron chi connectivity index (χ3n) is 5.98. The number of pyridine rings is 1. The summed E-state index contributed by atoms with van der Waals surface area (Å²) in [5, 5.41) is 7.70. The Hall–Kier alpha value is -3.92. The lowest BCUT2D eigenvalue weighted by atomic mass is 10.1. The van der Waals surface area contributed by atoms with Gasteiger partial charge in [0.05, 0.1) is 11.7 Å². The van der Waals surface area contributed by atoms with Crippen molar-refractivity contribution >= 4 is 38.3 Å². The number of carbonyl (C=O) groups excluding carboxylic acids is 1. The molecule has 4 aromatic rings. The van der Waals surface area contributed by atoms with E-state index in [0.29, 0.717) is 36.4 Å². The van der Waals surface area contributed by atoms with Crippen molar-refractivity contribution < 1.29 is 13.2 Å². The van der Waals surface area contributed by atoms with Crippen LogP contribution < -0.4 is 9.62 Å². The summed E-state index contributed by atoms with van der Waals surface area (Å²) < 4.78 is 28.6. The number of sulfonamides is 1. The molecule has 174 valence electrons. The number of hydrogen-bond acceptors (Lipinski definition) is 6. The Balaban J connectivity index is 1.29. The van der Waals surface area contributed by atoms with Gasteiger partial charge in [0.1, 0.15) is 10.7 Å². The first kappa shape index (κ1) is 21.9. The normalized spacial score (nSPS) is 16.6. The Kier molecular flexibility index (Phi) is 5.66. The van der Waals surface area contributed by atoms with Gasteiger partial charge in [-0.25, -0.2) is 8.42 Å². The molecule has 0 aliphatic carbocycles. The summed E-state index contributed by atoms with van der Waals surface area (Å²) in [6, 6.07) is 17.1. The summed E-state index contributed by atoms with van der Waals surface area (Å²) in [6.07, 6.45) is 3.28. The molecule has 0 bridgehead atoms. The van der Waals surface area contributed by atoms with Crippen LogP contribution in [0.1, 0.15) is 17.3 Å². The minimum absolute atomic E-state index is 0.0154. The van der Waals surface area contributed by atoms with Gasteiger partial charge < -0.3 is 9.80 Å². The van der Waals surface area contributed by atoms with Crippen molar-refractivity contribution in [1.29, 1.82) is 0 Å². The van der Waals surface area contributed by atoms with Crippen LogP contribution in [-0.4, -0.2) is 60.1 Å². The molecule has 0 saturated carbocycles. The molecular weight excluding hydrogens is 452 g/mol. The van der Waals surface area contributed by atoms with Gasteiger partial charge in [-0.2, -0.15) is 5.10 Å². The van der Waals surface area contributed by atoms with E-state index < -0.39 is 10.0 Å². The van der Waals surface area contributed by atoms with Gasteiger partial charge >= 0.3 is 0 Å². The van der Waals surface area contributed by atoms with E-state index in [1.165, 1.54) is 6.07 Å². The van der Waals surface area contributed by atoms with Gasteiger partial charge in [0.25, 0.3) is 15.9 Å². The minimum Gasteiger partial charge on any atom is -0.353 e. The highest BCUT2D eigenvalue weighted by molar-refractivity contribution is 7.93. The van der Waals surface area contributed by atoms with Crippen molar-refractivity contribution in [3.8, 4) is 0 Å². The standard InChI is InChI=1S/C24H24N6O3S/c1-17-16-29(22-11-13-26-27-22)14-15-30(17)24(31)19-7-9-20(10-8-19)28-34(32,33)21-6-2-4-18-5-3-12-25-23(18)21/h2-13,17,28H,14-16H2,1H3,(H,26,27). The number of piperazine rings is 1. The van der Waals surface area contributed by atoms with E-state index in [4.69, 9.17) is 0 Å². The maximum Gasteiger partial charge on any atom is 0.264 e. The van der Waals surface area contributed by atoms with Crippen LogP contribution in [0.15, 0.2) is 78.0 Å². The number of aromatic nitrogens is 3. The number of nitrogens with one attached hydrogen (secondary N) is 2. The molecule has 0 spiro atoms. The van der Waals surface area contributed by atoms with Crippen molar-refractivity contribution in [2.45, 2.75) is 17.9 Å². The number of carbonyl (C=O) groups is 1. The van der Waals surface area contributed by atoms with E-state index in [1.54, 1.807) is 48.8 Å². The summed E-state index contributed by atoms with van der Waals surface area (Å²) in [5.41, 5.74) is 1.30. The Morgan fingerprint density at radius 1 is 1.03 bits per heavy atom. The maximum absolute atomic E-state index is 13.1. The molecule has 0 radical (unpaired) electrons. The molecule has 1 aliphatic heterocycles. The zero-order valence-corrected chi connectivity index (χ0v) is 19.4. The zero-order chi connectivity index (χ0) is 23.7. The number of rotatable bonds is 5. The number of para-hydroxylation sites is 1. The molecule has 1 aliphatic rings. The molecule has 2 aromatic heterocycles. The van der Waals surface area contributed by atoms with Gasteiger partial charge in [-0.1, -0.05) is 18.2 Å². The Bertz CT molecular complexity index is 1420. The second-order valence-corrected chi connectivity index (χ2v) is 9.90. The van der Waals surface area contributed by atoms with Crippen LogP contribution in [0, 0.1) is 0 Å². The largest absolute Gasteiger partial charge is 0.353 e. The Morgan fingerprint density at radius 3 is 2.56 bits per heavy atom. The number of amides is 1. The minimum atomic E-state index is -3.85. The van der Waals surface area contributed by atoms with E-state index in [1.807, 2.05) is 30.0 Å². The fraction of sp³-hybridized carbons (Fsp3) is 0.208. The van der Waals surface area contributed by atoms with Crippen molar-refractivity contribution in [2.24, 2.45) is 0 Å². The monoisotopic (exact) mass is 476 g/mol. The topological polar surface area (TPSA) is 111 Å². The zero-order valence-electron chi connectivity index (χ0n) is 18.5. The first-order valence-corrected chi connectivity index (χ1v) is 12.4. The summed E-state index contributed by atoms with van der Waals surface area (Å²) >= 11 is 0. The third-order valence-corrected chi connectivity index (χ3v) is 7.40. The van der Waals surface area contributed by atoms with E-state index in [2.05, 4.69) is 24.8 Å². The smallest absolute Gasteiger partial charge is 0.264 e. The van der Waals surface area contributed by atoms with Crippen molar-refractivity contribution in [1.82, 2.24) is 20.1 Å². The fourth-order valence-electron chi connectivity index (χ4n) is 4.25. The maximum atomic E-state index is 13.1. The third kappa shape index (κ3) is 4.19. The summed E-state index contributed by atoms with van der Waals surface area (Å²) in [5.74, 6) is 0.862. The molecule has 2 aromatic carbocycles. The van der Waals surface area contributed by atoms with Crippen LogP contribution in [-0.2, 0) is 10.0 Å². The number of nitrogens with zero attached hydrogens (tertiary/aromatic N) is 4. The van der Waals surface area contributed by atoms with Crippen LogP contribution in [0.2, 0.25) is 0 Å². The Morgan fingerprint density at radius 2 is 1.82 bits per heavy atom. The Labute approximate surface area is 197 Å². The number of H-pyrrole nitrogens is 1. The van der Waals surface area contributed by atoms with E-state index in [-0.39, 0.29) is 16.8 Å². The average Bonchev–Trinajstić information content (AvgIpc) is 3.39. The molecule has 2 N–H and O–H groups in total. The summed E-state index contributed by atoms with van der Waals surface area (Å²) in [4.78, 5) is 21.5. The molecule has 1 unspecified atom stereocenters. The second-order valence-electron chi connectivity index (χ2n) is 8.25. The van der Waals surface area contributed by atoms with Gasteiger partial charge in [0, 0.05) is 54.6 Å². The highest BCUT2D eigenvalue weighted by atomic mass is 32.2. The summed E-state index contributed by atoms with van der Waals surface area (Å²) in [6.45, 7) is 4.00. The number of hydrogen-bond donors (Lipinski definition) is 2. The number of aromatic amines is 1. The predicted octanol–water partition coefficient (Wildman–Crippen LogP) is 3.11.